The van der Waals surface area contributed by atoms with E-state index in [1.807, 2.05) is 37.3 Å². The molecule has 0 aliphatic rings. The summed E-state index contributed by atoms with van der Waals surface area (Å²) in [5, 5.41) is 4.65. The van der Waals surface area contributed by atoms with E-state index in [0.717, 1.165) is 11.1 Å². The lowest BCUT2D eigenvalue weighted by Gasteiger charge is -2.13. The van der Waals surface area contributed by atoms with Crippen LogP contribution in [0.25, 0.3) is 0 Å². The van der Waals surface area contributed by atoms with Crippen molar-refractivity contribution in [3.63, 3.8) is 0 Å². The number of nitrogen functional groups attached to an aromatic ring is 1. The van der Waals surface area contributed by atoms with Crippen LogP contribution in [0, 0.1) is 0 Å². The number of hydrogen-bond acceptors (Lipinski definition) is 5. The van der Waals surface area contributed by atoms with Crippen LogP contribution in [0.3, 0.4) is 0 Å². The highest BCUT2D eigenvalue weighted by Crippen LogP contribution is 2.29. The van der Waals surface area contributed by atoms with Crippen LogP contribution < -0.4 is 20.6 Å². The number of nitrogens with two attached hydrogens (primary N) is 1. The molecule has 0 spiro atoms. The standard InChI is InChI=1S/C23H22ClN3O3/c1-2-29-22-13-16(14-26-27-23(28)18-8-4-6-10-20(18)25)11-12-21(22)30-15-17-7-3-5-9-19(17)24/h3-14H,2,15,25H2,1H3,(H,27,28)/b26-14+. The molecule has 0 aliphatic heterocycles. The smallest absolute Gasteiger partial charge is 0.273 e. The van der Waals surface area contributed by atoms with Crippen LogP contribution in [0.5, 0.6) is 11.5 Å². The summed E-state index contributed by atoms with van der Waals surface area (Å²) in [6.45, 7) is 2.69. The number of halogens is 1. The van der Waals surface area contributed by atoms with E-state index in [1.165, 1.54) is 6.21 Å². The highest BCUT2D eigenvalue weighted by molar-refractivity contribution is 6.31. The minimum absolute atomic E-state index is 0.321. The van der Waals surface area contributed by atoms with Gasteiger partial charge in [0.1, 0.15) is 6.61 Å². The average Bonchev–Trinajstić information content (AvgIpc) is 2.74. The molecule has 0 radical (unpaired) electrons. The molecule has 3 aromatic carbocycles. The molecule has 30 heavy (non-hydrogen) atoms. The molecule has 0 fully saturated rings. The Morgan fingerprint density at radius 2 is 1.83 bits per heavy atom. The van der Waals surface area contributed by atoms with E-state index in [0.29, 0.717) is 41.0 Å². The number of ether oxygens (including phenoxy) is 2. The second kappa shape index (κ2) is 10.3. The fourth-order valence-electron chi connectivity index (χ4n) is 2.69. The zero-order valence-corrected chi connectivity index (χ0v) is 17.2. The summed E-state index contributed by atoms with van der Waals surface area (Å²) >= 11 is 6.18. The third kappa shape index (κ3) is 5.52. The van der Waals surface area contributed by atoms with Crippen molar-refractivity contribution >= 4 is 29.4 Å². The van der Waals surface area contributed by atoms with E-state index in [1.54, 1.807) is 36.4 Å². The first-order valence-electron chi connectivity index (χ1n) is 9.39. The van der Waals surface area contributed by atoms with Gasteiger partial charge in [0.15, 0.2) is 11.5 Å². The maximum absolute atomic E-state index is 12.2. The quantitative estimate of drug-likeness (QED) is 0.313. The molecule has 0 unspecified atom stereocenters. The SMILES string of the molecule is CCOc1cc(/C=N/NC(=O)c2ccccc2N)ccc1OCc1ccccc1Cl. The van der Waals surface area contributed by atoms with E-state index in [-0.39, 0.29) is 5.91 Å². The molecule has 0 heterocycles. The van der Waals surface area contributed by atoms with Gasteiger partial charge in [-0.15, -0.1) is 0 Å². The Morgan fingerprint density at radius 1 is 1.07 bits per heavy atom. The van der Waals surface area contributed by atoms with Gasteiger partial charge in [-0.3, -0.25) is 4.79 Å². The zero-order chi connectivity index (χ0) is 21.3. The highest BCUT2D eigenvalue weighted by Gasteiger charge is 2.09. The van der Waals surface area contributed by atoms with Crippen molar-refractivity contribution in [2.75, 3.05) is 12.3 Å². The number of hydrazone groups is 1. The van der Waals surface area contributed by atoms with Gasteiger partial charge in [0, 0.05) is 16.3 Å². The lowest BCUT2D eigenvalue weighted by atomic mass is 10.2. The van der Waals surface area contributed by atoms with E-state index in [4.69, 9.17) is 26.8 Å². The normalized spacial score (nSPS) is 10.7. The monoisotopic (exact) mass is 423 g/mol. The topological polar surface area (TPSA) is 85.9 Å². The van der Waals surface area contributed by atoms with Crippen molar-refractivity contribution in [3.8, 4) is 11.5 Å². The minimum Gasteiger partial charge on any atom is -0.490 e. The number of amides is 1. The van der Waals surface area contributed by atoms with Crippen molar-refractivity contribution in [3.05, 3.63) is 88.4 Å². The molecule has 6 nitrogen and oxygen atoms in total. The van der Waals surface area contributed by atoms with Gasteiger partial charge < -0.3 is 15.2 Å². The maximum atomic E-state index is 12.2. The fraction of sp³-hybridized carbons (Fsp3) is 0.130. The summed E-state index contributed by atoms with van der Waals surface area (Å²) in [7, 11) is 0. The van der Waals surface area contributed by atoms with E-state index in [9.17, 15) is 4.79 Å². The van der Waals surface area contributed by atoms with Crippen molar-refractivity contribution in [2.24, 2.45) is 5.10 Å². The van der Waals surface area contributed by atoms with Crippen LogP contribution in [-0.2, 0) is 6.61 Å². The van der Waals surface area contributed by atoms with Crippen LogP contribution in [-0.4, -0.2) is 18.7 Å². The summed E-state index contributed by atoms with van der Waals surface area (Å²) < 4.78 is 11.6. The third-order valence-electron chi connectivity index (χ3n) is 4.19. The average molecular weight is 424 g/mol. The van der Waals surface area contributed by atoms with Gasteiger partial charge in [0.2, 0.25) is 0 Å². The Labute approximate surface area is 180 Å². The maximum Gasteiger partial charge on any atom is 0.273 e. The Morgan fingerprint density at radius 3 is 2.60 bits per heavy atom. The first-order valence-corrected chi connectivity index (χ1v) is 9.77. The Balaban J connectivity index is 1.68. The molecule has 1 amide bonds. The molecule has 0 aromatic heterocycles. The number of hydrogen-bond donors (Lipinski definition) is 2. The first kappa shape index (κ1) is 21.2. The number of nitrogens with one attached hydrogen (secondary N) is 1. The second-order valence-corrected chi connectivity index (χ2v) is 6.71. The number of para-hydroxylation sites is 1. The van der Waals surface area contributed by atoms with E-state index < -0.39 is 0 Å². The van der Waals surface area contributed by atoms with Gasteiger partial charge in [-0.25, -0.2) is 5.43 Å². The summed E-state index contributed by atoms with van der Waals surface area (Å²) in [4.78, 5) is 12.2. The number of carbonyl (C=O) groups is 1. The molecule has 0 bridgehead atoms. The molecule has 0 saturated carbocycles. The van der Waals surface area contributed by atoms with Gasteiger partial charge in [-0.2, -0.15) is 5.10 Å². The van der Waals surface area contributed by atoms with Crippen molar-refractivity contribution < 1.29 is 14.3 Å². The van der Waals surface area contributed by atoms with Crippen LogP contribution in [0.1, 0.15) is 28.4 Å². The summed E-state index contributed by atoms with van der Waals surface area (Å²) in [5.74, 6) is 0.788. The van der Waals surface area contributed by atoms with E-state index >= 15 is 0 Å². The zero-order valence-electron chi connectivity index (χ0n) is 16.5. The number of nitrogens with zero attached hydrogens (tertiary/aromatic N) is 1. The third-order valence-corrected chi connectivity index (χ3v) is 4.56. The number of benzene rings is 3. The van der Waals surface area contributed by atoms with Gasteiger partial charge >= 0.3 is 0 Å². The van der Waals surface area contributed by atoms with Crippen molar-refractivity contribution in [2.45, 2.75) is 13.5 Å². The number of anilines is 1. The summed E-state index contributed by atoms with van der Waals surface area (Å²) in [6.07, 6.45) is 1.53. The lowest BCUT2D eigenvalue weighted by Crippen LogP contribution is -2.19. The molecule has 0 saturated heterocycles. The Kier molecular flexibility index (Phi) is 7.29. The molecule has 3 N–H and O–H groups in total. The van der Waals surface area contributed by atoms with Crippen molar-refractivity contribution in [1.29, 1.82) is 0 Å². The first-order chi connectivity index (χ1) is 14.6. The molecule has 3 aromatic rings. The van der Waals surface area contributed by atoms with Gasteiger partial charge in [-0.05, 0) is 48.9 Å². The second-order valence-electron chi connectivity index (χ2n) is 6.31. The fourth-order valence-corrected chi connectivity index (χ4v) is 2.88. The lowest BCUT2D eigenvalue weighted by molar-refractivity contribution is 0.0956. The molecular formula is C23H22ClN3O3. The van der Waals surface area contributed by atoms with Gasteiger partial charge in [0.05, 0.1) is 18.4 Å². The molecule has 7 heteroatoms. The van der Waals surface area contributed by atoms with E-state index in [2.05, 4.69) is 10.5 Å². The summed E-state index contributed by atoms with van der Waals surface area (Å²) in [5.41, 5.74) is 10.7. The van der Waals surface area contributed by atoms with Crippen LogP contribution in [0.15, 0.2) is 71.8 Å². The number of rotatable bonds is 8. The molecule has 0 aliphatic carbocycles. The molecule has 3 rings (SSSR count). The Hall–Kier alpha value is -3.51. The number of carbonyl (C=O) groups excluding carboxylic acids is 1. The summed E-state index contributed by atoms with van der Waals surface area (Å²) in [6, 6.07) is 19.7. The minimum atomic E-state index is -0.380. The van der Waals surface area contributed by atoms with Gasteiger partial charge in [-0.1, -0.05) is 41.9 Å². The predicted octanol–water partition coefficient (Wildman–Crippen LogP) is 4.66. The predicted molar refractivity (Wildman–Crippen MR) is 119 cm³/mol. The Bertz CT molecular complexity index is 1050. The van der Waals surface area contributed by atoms with Gasteiger partial charge in [0.25, 0.3) is 5.91 Å². The molecule has 154 valence electrons. The van der Waals surface area contributed by atoms with Crippen LogP contribution in [0.4, 0.5) is 5.69 Å². The highest BCUT2D eigenvalue weighted by atomic mass is 35.5. The molecular weight excluding hydrogens is 402 g/mol. The van der Waals surface area contributed by atoms with Crippen LogP contribution >= 0.6 is 11.6 Å². The largest absolute Gasteiger partial charge is 0.490 e. The molecule has 0 atom stereocenters. The van der Waals surface area contributed by atoms with Crippen LogP contribution in [0.2, 0.25) is 5.02 Å². The van der Waals surface area contributed by atoms with Crippen molar-refractivity contribution in [1.82, 2.24) is 5.43 Å².